The highest BCUT2D eigenvalue weighted by Gasteiger charge is 2.40. The second-order valence-electron chi connectivity index (χ2n) is 7.80. The Labute approximate surface area is 189 Å². The van der Waals surface area contributed by atoms with Crippen LogP contribution in [0, 0.1) is 0 Å². The number of guanidine groups is 1. The lowest BCUT2D eigenvalue weighted by molar-refractivity contribution is 0.353. The fourth-order valence-electron chi connectivity index (χ4n) is 3.49. The first-order chi connectivity index (χ1) is 12.8. The quantitative estimate of drug-likeness (QED) is 0.351. The number of anilines is 1. The van der Waals surface area contributed by atoms with Crippen molar-refractivity contribution in [1.82, 2.24) is 15.2 Å². The van der Waals surface area contributed by atoms with Crippen LogP contribution in [0.25, 0.3) is 0 Å². The molecule has 0 aromatic carbocycles. The number of hydrogen-bond donors (Lipinski definition) is 1. The molecule has 2 saturated heterocycles. The number of aliphatic imine (C=N–C) groups is 1. The summed E-state index contributed by atoms with van der Waals surface area (Å²) in [6.45, 7) is 10.2. The minimum atomic E-state index is -3.05. The largest absolute Gasteiger partial charge is 0.357 e. The molecule has 160 valence electrons. The second kappa shape index (κ2) is 9.92. The molecule has 0 amide bonds. The number of aromatic nitrogens is 1. The number of halogens is 1. The Hall–Kier alpha value is -0.620. The standard InChI is InChI=1S/C18H31N5O2S2.HI/c1-4-19-16(23-11-12-27(24,25)18(2,3)14-23)20-8-7-15-13-26-17(21-15)22-9-5-6-10-22;/h13H,4-12,14H2,1-3H3,(H,19,20);1H. The minimum absolute atomic E-state index is 0. The highest BCUT2D eigenvalue weighted by molar-refractivity contribution is 14.0. The van der Waals surface area contributed by atoms with E-state index in [0.29, 0.717) is 19.6 Å². The summed E-state index contributed by atoms with van der Waals surface area (Å²) in [7, 11) is -3.05. The Morgan fingerprint density at radius 1 is 1.32 bits per heavy atom. The Balaban J connectivity index is 0.00000280. The van der Waals surface area contributed by atoms with Crippen LogP contribution in [0.15, 0.2) is 10.4 Å². The zero-order chi connectivity index (χ0) is 19.5. The zero-order valence-corrected chi connectivity index (χ0v) is 20.9. The normalized spacial score (nSPS) is 21.5. The van der Waals surface area contributed by atoms with E-state index in [1.54, 1.807) is 25.2 Å². The predicted octanol–water partition coefficient (Wildman–Crippen LogP) is 2.38. The van der Waals surface area contributed by atoms with E-state index in [2.05, 4.69) is 20.5 Å². The maximum atomic E-state index is 12.2. The molecule has 1 aromatic heterocycles. The van der Waals surface area contributed by atoms with Crippen LogP contribution in [0.2, 0.25) is 0 Å². The zero-order valence-electron chi connectivity index (χ0n) is 17.0. The van der Waals surface area contributed by atoms with Crippen molar-refractivity contribution < 1.29 is 8.42 Å². The molecule has 3 heterocycles. The number of rotatable bonds is 5. The molecule has 0 bridgehead atoms. The van der Waals surface area contributed by atoms with Gasteiger partial charge in [-0.1, -0.05) is 0 Å². The summed E-state index contributed by atoms with van der Waals surface area (Å²) < 4.78 is 23.7. The van der Waals surface area contributed by atoms with E-state index in [9.17, 15) is 8.42 Å². The van der Waals surface area contributed by atoms with Crippen molar-refractivity contribution in [2.75, 3.05) is 49.9 Å². The Kier molecular flexibility index (Phi) is 8.38. The average Bonchev–Trinajstić information content (AvgIpc) is 3.28. The van der Waals surface area contributed by atoms with Gasteiger partial charge in [0.05, 0.1) is 16.2 Å². The minimum Gasteiger partial charge on any atom is -0.357 e. The van der Waals surface area contributed by atoms with Crippen LogP contribution in [0.1, 0.15) is 39.3 Å². The number of nitrogens with zero attached hydrogens (tertiary/aromatic N) is 4. The third-order valence-electron chi connectivity index (χ3n) is 5.22. The van der Waals surface area contributed by atoms with E-state index in [-0.39, 0.29) is 29.7 Å². The van der Waals surface area contributed by atoms with Gasteiger partial charge in [-0.15, -0.1) is 35.3 Å². The summed E-state index contributed by atoms with van der Waals surface area (Å²) >= 11 is 1.72. The third-order valence-corrected chi connectivity index (χ3v) is 8.71. The van der Waals surface area contributed by atoms with E-state index >= 15 is 0 Å². The molecule has 0 atom stereocenters. The molecular formula is C18H32IN5O2S2. The number of nitrogens with one attached hydrogen (secondary N) is 1. The molecule has 0 spiro atoms. The van der Waals surface area contributed by atoms with Crippen LogP contribution in [-0.2, 0) is 16.3 Å². The van der Waals surface area contributed by atoms with Gasteiger partial charge in [0.1, 0.15) is 0 Å². The summed E-state index contributed by atoms with van der Waals surface area (Å²) in [5.41, 5.74) is 1.09. The van der Waals surface area contributed by atoms with Crippen LogP contribution in [0.3, 0.4) is 0 Å². The summed E-state index contributed by atoms with van der Waals surface area (Å²) in [4.78, 5) is 13.9. The Morgan fingerprint density at radius 3 is 2.68 bits per heavy atom. The van der Waals surface area contributed by atoms with Gasteiger partial charge >= 0.3 is 0 Å². The lowest BCUT2D eigenvalue weighted by Crippen LogP contribution is -2.57. The van der Waals surface area contributed by atoms with Crippen LogP contribution in [0.5, 0.6) is 0 Å². The van der Waals surface area contributed by atoms with Crippen molar-refractivity contribution >= 4 is 56.2 Å². The molecule has 7 nitrogen and oxygen atoms in total. The Morgan fingerprint density at radius 2 is 2.04 bits per heavy atom. The highest BCUT2D eigenvalue weighted by atomic mass is 127. The van der Waals surface area contributed by atoms with Crippen molar-refractivity contribution in [2.45, 2.75) is 44.8 Å². The van der Waals surface area contributed by atoms with Gasteiger partial charge in [-0.25, -0.2) is 13.4 Å². The lowest BCUT2D eigenvalue weighted by Gasteiger charge is -2.39. The first-order valence-electron chi connectivity index (χ1n) is 9.77. The van der Waals surface area contributed by atoms with Gasteiger partial charge in [0, 0.05) is 51.1 Å². The fraction of sp³-hybridized carbons (Fsp3) is 0.778. The van der Waals surface area contributed by atoms with Gasteiger partial charge in [-0.3, -0.25) is 4.99 Å². The first-order valence-corrected chi connectivity index (χ1v) is 12.3. The first kappa shape index (κ1) is 23.7. The van der Waals surface area contributed by atoms with Crippen LogP contribution >= 0.6 is 35.3 Å². The number of thiazole rings is 1. The van der Waals surface area contributed by atoms with Gasteiger partial charge in [-0.2, -0.15) is 0 Å². The van der Waals surface area contributed by atoms with E-state index < -0.39 is 14.6 Å². The SMILES string of the molecule is CCNC(=NCCc1csc(N2CCCC2)n1)N1CCS(=O)(=O)C(C)(C)C1.I. The Bertz CT molecular complexity index is 773. The van der Waals surface area contributed by atoms with Gasteiger partial charge < -0.3 is 15.1 Å². The fourth-order valence-corrected chi connectivity index (χ4v) is 5.77. The smallest absolute Gasteiger partial charge is 0.194 e. The molecule has 1 N–H and O–H groups in total. The molecule has 2 aliphatic rings. The van der Waals surface area contributed by atoms with Gasteiger partial charge in [0.15, 0.2) is 20.9 Å². The molecule has 0 radical (unpaired) electrons. The summed E-state index contributed by atoms with van der Waals surface area (Å²) in [5, 5.41) is 6.57. The van der Waals surface area contributed by atoms with E-state index in [0.717, 1.165) is 42.8 Å². The van der Waals surface area contributed by atoms with Gasteiger partial charge in [0.25, 0.3) is 0 Å². The van der Waals surface area contributed by atoms with Crippen molar-refractivity contribution in [3.05, 3.63) is 11.1 Å². The van der Waals surface area contributed by atoms with E-state index in [1.807, 2.05) is 6.92 Å². The molecule has 0 aliphatic carbocycles. The molecule has 2 fully saturated rings. The molecule has 3 rings (SSSR count). The maximum absolute atomic E-state index is 12.2. The van der Waals surface area contributed by atoms with Crippen molar-refractivity contribution in [2.24, 2.45) is 4.99 Å². The highest BCUT2D eigenvalue weighted by Crippen LogP contribution is 2.25. The van der Waals surface area contributed by atoms with E-state index in [4.69, 9.17) is 9.98 Å². The van der Waals surface area contributed by atoms with Crippen molar-refractivity contribution in [3.8, 4) is 0 Å². The van der Waals surface area contributed by atoms with Crippen molar-refractivity contribution in [1.29, 1.82) is 0 Å². The monoisotopic (exact) mass is 541 g/mol. The molecule has 0 saturated carbocycles. The topological polar surface area (TPSA) is 77.9 Å². The van der Waals surface area contributed by atoms with Crippen LogP contribution in [-0.4, -0.2) is 74.0 Å². The van der Waals surface area contributed by atoms with Crippen LogP contribution in [0.4, 0.5) is 5.13 Å². The molecule has 1 aromatic rings. The summed E-state index contributed by atoms with van der Waals surface area (Å²) in [5.74, 6) is 0.978. The molecule has 10 heteroatoms. The number of hydrogen-bond acceptors (Lipinski definition) is 6. The molecule has 0 unspecified atom stereocenters. The van der Waals surface area contributed by atoms with Gasteiger partial charge in [0.2, 0.25) is 0 Å². The molecular weight excluding hydrogens is 509 g/mol. The number of sulfone groups is 1. The average molecular weight is 542 g/mol. The summed E-state index contributed by atoms with van der Waals surface area (Å²) in [6, 6.07) is 0. The molecule has 28 heavy (non-hydrogen) atoms. The lowest BCUT2D eigenvalue weighted by atomic mass is 10.2. The van der Waals surface area contributed by atoms with E-state index in [1.165, 1.54) is 12.8 Å². The van der Waals surface area contributed by atoms with Crippen molar-refractivity contribution in [3.63, 3.8) is 0 Å². The third kappa shape index (κ3) is 5.50. The molecule has 2 aliphatic heterocycles. The maximum Gasteiger partial charge on any atom is 0.194 e. The second-order valence-corrected chi connectivity index (χ2v) is 11.4. The summed E-state index contributed by atoms with van der Waals surface area (Å²) in [6.07, 6.45) is 3.31. The van der Waals surface area contributed by atoms with Gasteiger partial charge in [-0.05, 0) is 33.6 Å². The van der Waals surface area contributed by atoms with Crippen LogP contribution < -0.4 is 10.2 Å². The predicted molar refractivity (Wildman–Crippen MR) is 128 cm³/mol.